The second-order valence-corrected chi connectivity index (χ2v) is 8.70. The number of hydrogen-bond acceptors (Lipinski definition) is 4. The van der Waals surface area contributed by atoms with Gasteiger partial charge in [-0.25, -0.2) is 4.98 Å². The molecule has 0 aliphatic rings. The molecule has 0 saturated heterocycles. The smallest absolute Gasteiger partial charge is 0.262 e. The first-order chi connectivity index (χ1) is 15.3. The first-order valence-corrected chi connectivity index (χ1v) is 10.9. The molecule has 0 saturated carbocycles. The largest absolute Gasteiger partial charge is 0.482 e. The second kappa shape index (κ2) is 9.41. The van der Waals surface area contributed by atoms with E-state index in [4.69, 9.17) is 44.0 Å². The van der Waals surface area contributed by atoms with Crippen molar-refractivity contribution in [2.75, 3.05) is 11.9 Å². The topological polar surface area (TPSA) is 64.4 Å². The molecule has 0 atom stereocenters. The number of benzene rings is 3. The van der Waals surface area contributed by atoms with Crippen molar-refractivity contribution < 1.29 is 13.9 Å². The second-order valence-electron chi connectivity index (χ2n) is 7.45. The molecule has 0 aliphatic heterocycles. The van der Waals surface area contributed by atoms with Gasteiger partial charge >= 0.3 is 0 Å². The summed E-state index contributed by atoms with van der Waals surface area (Å²) in [6, 6.07) is 14.5. The third kappa shape index (κ3) is 5.18. The maximum Gasteiger partial charge on any atom is 0.262 e. The molecule has 4 aromatic rings. The maximum absolute atomic E-state index is 12.3. The molecule has 1 N–H and O–H groups in total. The van der Waals surface area contributed by atoms with Crippen LogP contribution in [0.15, 0.2) is 52.9 Å². The van der Waals surface area contributed by atoms with E-state index in [0.29, 0.717) is 49.9 Å². The average molecular weight is 490 g/mol. The summed E-state index contributed by atoms with van der Waals surface area (Å²) in [5.41, 5.74) is 4.67. The van der Waals surface area contributed by atoms with Crippen molar-refractivity contribution in [3.63, 3.8) is 0 Å². The number of amides is 1. The Morgan fingerprint density at radius 2 is 1.78 bits per heavy atom. The van der Waals surface area contributed by atoms with Crippen LogP contribution in [0.2, 0.25) is 15.1 Å². The summed E-state index contributed by atoms with van der Waals surface area (Å²) in [7, 11) is 0. The van der Waals surface area contributed by atoms with Crippen LogP contribution in [0.1, 0.15) is 22.6 Å². The molecular formula is C24H19Cl3N2O3. The Bertz CT molecular complexity index is 1280. The van der Waals surface area contributed by atoms with Gasteiger partial charge in [0.05, 0.1) is 10.0 Å². The third-order valence-electron chi connectivity index (χ3n) is 4.77. The van der Waals surface area contributed by atoms with Gasteiger partial charge in [-0.3, -0.25) is 4.79 Å². The zero-order chi connectivity index (χ0) is 22.8. The van der Waals surface area contributed by atoms with E-state index >= 15 is 0 Å². The number of carbonyl (C=O) groups excluding carboxylic acids is 1. The summed E-state index contributed by atoms with van der Waals surface area (Å²) in [6.45, 7) is 3.70. The lowest BCUT2D eigenvalue weighted by Gasteiger charge is -2.12. The van der Waals surface area contributed by atoms with Crippen molar-refractivity contribution in [2.24, 2.45) is 0 Å². The van der Waals surface area contributed by atoms with E-state index in [1.807, 2.05) is 44.2 Å². The first-order valence-electron chi connectivity index (χ1n) is 9.81. The van der Waals surface area contributed by atoms with Crippen molar-refractivity contribution in [2.45, 2.75) is 20.3 Å². The zero-order valence-corrected chi connectivity index (χ0v) is 19.6. The van der Waals surface area contributed by atoms with E-state index in [-0.39, 0.29) is 12.5 Å². The predicted octanol–water partition coefficient (Wildman–Crippen LogP) is 7.01. The highest BCUT2D eigenvalue weighted by atomic mass is 35.5. The summed E-state index contributed by atoms with van der Waals surface area (Å²) >= 11 is 18.4. The predicted molar refractivity (Wildman–Crippen MR) is 128 cm³/mol. The van der Waals surface area contributed by atoms with Crippen LogP contribution in [0.3, 0.4) is 0 Å². The number of rotatable bonds is 6. The number of anilines is 1. The lowest BCUT2D eigenvalue weighted by atomic mass is 10.1. The Morgan fingerprint density at radius 1 is 1.03 bits per heavy atom. The zero-order valence-electron chi connectivity index (χ0n) is 17.3. The number of nitrogens with one attached hydrogen (secondary N) is 1. The third-order valence-corrected chi connectivity index (χ3v) is 5.55. The molecule has 0 fully saturated rings. The van der Waals surface area contributed by atoms with E-state index < -0.39 is 0 Å². The minimum absolute atomic E-state index is 0.141. The molecule has 1 amide bonds. The molecule has 5 nitrogen and oxygen atoms in total. The van der Waals surface area contributed by atoms with Gasteiger partial charge in [0.2, 0.25) is 0 Å². The maximum atomic E-state index is 12.3. The molecular weight excluding hydrogens is 471 g/mol. The number of carbonyl (C=O) groups is 1. The minimum Gasteiger partial charge on any atom is -0.482 e. The number of ether oxygens (including phenoxy) is 1. The molecule has 164 valence electrons. The SMILES string of the molecule is Cc1cc(C)c(OCC(=O)Nc2ccc(Cc3nc4cc(Cl)cc(Cl)c4o3)cc2)c(Cl)c1. The van der Waals surface area contributed by atoms with E-state index in [2.05, 4.69) is 10.3 Å². The van der Waals surface area contributed by atoms with Gasteiger partial charge in [-0.15, -0.1) is 0 Å². The van der Waals surface area contributed by atoms with Crippen LogP contribution in [0.25, 0.3) is 11.1 Å². The van der Waals surface area contributed by atoms with Crippen molar-refractivity contribution in [3.05, 3.63) is 86.2 Å². The number of fused-ring (bicyclic) bond motifs is 1. The molecule has 8 heteroatoms. The van der Waals surface area contributed by atoms with Gasteiger partial charge in [0.1, 0.15) is 11.3 Å². The van der Waals surface area contributed by atoms with Crippen molar-refractivity contribution >= 4 is 57.5 Å². The summed E-state index contributed by atoms with van der Waals surface area (Å²) in [6.07, 6.45) is 0.477. The molecule has 32 heavy (non-hydrogen) atoms. The molecule has 4 rings (SSSR count). The van der Waals surface area contributed by atoms with Crippen LogP contribution in [0.5, 0.6) is 5.75 Å². The molecule has 1 aromatic heterocycles. The summed E-state index contributed by atoms with van der Waals surface area (Å²) in [5, 5.41) is 4.23. The Balaban J connectivity index is 1.37. The van der Waals surface area contributed by atoms with Crippen LogP contribution in [-0.4, -0.2) is 17.5 Å². The van der Waals surface area contributed by atoms with Gasteiger partial charge in [-0.2, -0.15) is 0 Å². The van der Waals surface area contributed by atoms with E-state index in [1.165, 1.54) is 0 Å². The van der Waals surface area contributed by atoms with E-state index in [0.717, 1.165) is 16.7 Å². The number of hydrogen-bond donors (Lipinski definition) is 1. The molecule has 0 bridgehead atoms. The average Bonchev–Trinajstić information content (AvgIpc) is 3.11. The summed E-state index contributed by atoms with van der Waals surface area (Å²) < 4.78 is 11.4. The number of aromatic nitrogens is 1. The molecule has 0 radical (unpaired) electrons. The molecule has 0 aliphatic carbocycles. The van der Waals surface area contributed by atoms with Crippen LogP contribution in [0, 0.1) is 13.8 Å². The van der Waals surface area contributed by atoms with Gasteiger partial charge in [-0.05, 0) is 60.9 Å². The lowest BCUT2D eigenvalue weighted by Crippen LogP contribution is -2.20. The minimum atomic E-state index is -0.278. The highest BCUT2D eigenvalue weighted by Gasteiger charge is 2.12. The number of nitrogens with zero attached hydrogens (tertiary/aromatic N) is 1. The van der Waals surface area contributed by atoms with Gasteiger partial charge < -0.3 is 14.5 Å². The standard InChI is InChI=1S/C24H19Cl3N2O3/c1-13-7-14(2)23(18(26)8-13)31-12-21(30)28-17-5-3-15(4-6-17)9-22-29-20-11-16(25)10-19(27)24(20)32-22/h3-8,10-11H,9,12H2,1-2H3,(H,28,30). The molecule has 3 aromatic carbocycles. The number of halogens is 3. The summed E-state index contributed by atoms with van der Waals surface area (Å²) in [4.78, 5) is 16.7. The lowest BCUT2D eigenvalue weighted by molar-refractivity contribution is -0.118. The van der Waals surface area contributed by atoms with Gasteiger partial charge in [0, 0.05) is 17.1 Å². The fourth-order valence-electron chi connectivity index (χ4n) is 3.38. The molecule has 0 unspecified atom stereocenters. The van der Waals surface area contributed by atoms with Crippen molar-refractivity contribution in [3.8, 4) is 5.75 Å². The van der Waals surface area contributed by atoms with Crippen LogP contribution < -0.4 is 10.1 Å². The number of aryl methyl sites for hydroxylation is 2. The normalized spacial score (nSPS) is 11.0. The van der Waals surface area contributed by atoms with Gasteiger partial charge in [0.25, 0.3) is 5.91 Å². The quantitative estimate of drug-likeness (QED) is 0.316. The molecule has 0 spiro atoms. The van der Waals surface area contributed by atoms with Crippen LogP contribution >= 0.6 is 34.8 Å². The Hall–Kier alpha value is -2.73. The van der Waals surface area contributed by atoms with Crippen LogP contribution in [0.4, 0.5) is 5.69 Å². The van der Waals surface area contributed by atoms with Gasteiger partial charge in [0.15, 0.2) is 18.1 Å². The van der Waals surface area contributed by atoms with Gasteiger partial charge in [-0.1, -0.05) is 53.0 Å². The summed E-state index contributed by atoms with van der Waals surface area (Å²) in [5.74, 6) is 0.765. The fourth-order valence-corrected chi connectivity index (χ4v) is 4.28. The van der Waals surface area contributed by atoms with E-state index in [9.17, 15) is 4.79 Å². The Morgan fingerprint density at radius 3 is 2.50 bits per heavy atom. The molecule has 1 heterocycles. The van der Waals surface area contributed by atoms with Crippen LogP contribution in [-0.2, 0) is 11.2 Å². The monoisotopic (exact) mass is 488 g/mol. The first kappa shape index (κ1) is 22.5. The van der Waals surface area contributed by atoms with E-state index in [1.54, 1.807) is 18.2 Å². The Labute approximate surface area is 200 Å². The highest BCUT2D eigenvalue weighted by Crippen LogP contribution is 2.30. The van der Waals surface area contributed by atoms with Crippen molar-refractivity contribution in [1.29, 1.82) is 0 Å². The number of oxazole rings is 1. The highest BCUT2D eigenvalue weighted by molar-refractivity contribution is 6.38. The fraction of sp³-hybridized carbons (Fsp3) is 0.167. The van der Waals surface area contributed by atoms with Crippen molar-refractivity contribution in [1.82, 2.24) is 4.98 Å². The Kier molecular flexibility index (Phi) is 6.60.